The molecule has 0 fully saturated rings. The van der Waals surface area contributed by atoms with Crippen molar-refractivity contribution < 1.29 is 23.8 Å². The summed E-state index contributed by atoms with van der Waals surface area (Å²) < 4.78 is 16.5. The average Bonchev–Trinajstić information content (AvgIpc) is 2.75. The van der Waals surface area contributed by atoms with Gasteiger partial charge in [0, 0.05) is 29.7 Å². The van der Waals surface area contributed by atoms with E-state index in [0.29, 0.717) is 28.0 Å². The zero-order chi connectivity index (χ0) is 20.8. The minimum atomic E-state index is -0.365. The molecule has 5 heteroatoms. The van der Waals surface area contributed by atoms with Gasteiger partial charge in [-0.15, -0.1) is 0 Å². The molecule has 3 aromatic carbocycles. The molecule has 29 heavy (non-hydrogen) atoms. The second-order valence-electron chi connectivity index (χ2n) is 6.60. The summed E-state index contributed by atoms with van der Waals surface area (Å²) in [6.07, 6.45) is 1.22. The van der Waals surface area contributed by atoms with Gasteiger partial charge in [0.15, 0.2) is 11.5 Å². The van der Waals surface area contributed by atoms with Crippen LogP contribution in [0.15, 0.2) is 54.6 Å². The number of ether oxygens (including phenoxy) is 3. The van der Waals surface area contributed by atoms with Gasteiger partial charge in [-0.1, -0.05) is 56.3 Å². The van der Waals surface area contributed by atoms with E-state index in [9.17, 15) is 9.59 Å². The van der Waals surface area contributed by atoms with Gasteiger partial charge in [-0.3, -0.25) is 9.59 Å². The van der Waals surface area contributed by atoms with Crippen LogP contribution in [0, 0.1) is 0 Å². The first kappa shape index (κ1) is 20.4. The molecule has 0 amide bonds. The second-order valence-corrected chi connectivity index (χ2v) is 6.60. The van der Waals surface area contributed by atoms with Gasteiger partial charge >= 0.3 is 11.9 Å². The largest absolute Gasteiger partial charge is 0.493 e. The van der Waals surface area contributed by atoms with Gasteiger partial charge in [0.25, 0.3) is 0 Å². The van der Waals surface area contributed by atoms with Crippen molar-refractivity contribution in [1.82, 2.24) is 0 Å². The van der Waals surface area contributed by atoms with E-state index >= 15 is 0 Å². The number of rotatable bonds is 7. The number of carbonyl (C=O) groups excluding carboxylic acids is 2. The van der Waals surface area contributed by atoms with Gasteiger partial charge in [0.05, 0.1) is 7.11 Å². The Kier molecular flexibility index (Phi) is 6.50. The summed E-state index contributed by atoms with van der Waals surface area (Å²) >= 11 is 0. The number of hydrogen-bond acceptors (Lipinski definition) is 5. The van der Waals surface area contributed by atoms with Crippen molar-refractivity contribution in [3.8, 4) is 17.2 Å². The number of benzene rings is 3. The Morgan fingerprint density at radius 2 is 1.45 bits per heavy atom. The molecule has 3 aromatic rings. The Bertz CT molecular complexity index is 1020. The minimum Gasteiger partial charge on any atom is -0.493 e. The topological polar surface area (TPSA) is 61.8 Å². The standard InChI is InChI=1S/C24H24O5/c1-4-22(25)28-20-15-21(27-3)24(29-23(26)5-2)18-12-11-17(14-19(18)20)13-16-9-7-6-8-10-16/h6-12,14-15H,4-5,13H2,1-3H3. The summed E-state index contributed by atoms with van der Waals surface area (Å²) in [7, 11) is 1.49. The van der Waals surface area contributed by atoms with Crippen molar-refractivity contribution in [1.29, 1.82) is 0 Å². The third kappa shape index (κ3) is 4.74. The molecule has 0 aliphatic heterocycles. The Balaban J connectivity index is 2.14. The van der Waals surface area contributed by atoms with E-state index in [4.69, 9.17) is 14.2 Å². The summed E-state index contributed by atoms with van der Waals surface area (Å²) in [5.74, 6) is 0.345. The summed E-state index contributed by atoms with van der Waals surface area (Å²) in [5, 5.41) is 1.35. The predicted molar refractivity (Wildman–Crippen MR) is 112 cm³/mol. The SMILES string of the molecule is CCC(=O)Oc1cc(OC)c(OC(=O)CC)c2ccc(Cc3ccccc3)cc12. The monoisotopic (exact) mass is 392 g/mol. The van der Waals surface area contributed by atoms with Crippen LogP contribution in [0.25, 0.3) is 10.8 Å². The van der Waals surface area contributed by atoms with Gasteiger partial charge in [0.1, 0.15) is 5.75 Å². The van der Waals surface area contributed by atoms with Crippen molar-refractivity contribution in [2.75, 3.05) is 7.11 Å². The molecule has 0 aliphatic rings. The summed E-state index contributed by atoms with van der Waals surface area (Å²) in [6.45, 7) is 3.46. The Morgan fingerprint density at radius 1 is 0.759 bits per heavy atom. The van der Waals surface area contributed by atoms with Gasteiger partial charge in [-0.2, -0.15) is 0 Å². The van der Waals surface area contributed by atoms with Crippen LogP contribution in [0.5, 0.6) is 17.2 Å². The molecule has 5 nitrogen and oxygen atoms in total. The highest BCUT2D eigenvalue weighted by Crippen LogP contribution is 2.42. The zero-order valence-electron chi connectivity index (χ0n) is 16.9. The van der Waals surface area contributed by atoms with E-state index < -0.39 is 0 Å². The first-order valence-electron chi connectivity index (χ1n) is 9.64. The predicted octanol–water partition coefficient (Wildman–Crippen LogP) is 5.07. The van der Waals surface area contributed by atoms with Crippen molar-refractivity contribution in [2.45, 2.75) is 33.1 Å². The van der Waals surface area contributed by atoms with Gasteiger partial charge in [-0.25, -0.2) is 0 Å². The summed E-state index contributed by atoms with van der Waals surface area (Å²) in [5.41, 5.74) is 2.22. The van der Waals surface area contributed by atoms with Crippen molar-refractivity contribution in [2.24, 2.45) is 0 Å². The van der Waals surface area contributed by atoms with Crippen LogP contribution in [0.3, 0.4) is 0 Å². The third-order valence-corrected chi connectivity index (χ3v) is 4.57. The average molecular weight is 392 g/mol. The molecular weight excluding hydrogens is 368 g/mol. The molecule has 0 bridgehead atoms. The van der Waals surface area contributed by atoms with Crippen LogP contribution < -0.4 is 14.2 Å². The maximum absolute atomic E-state index is 12.0. The van der Waals surface area contributed by atoms with Crippen LogP contribution >= 0.6 is 0 Å². The molecule has 0 aromatic heterocycles. The first-order valence-corrected chi connectivity index (χ1v) is 9.64. The normalized spacial score (nSPS) is 10.6. The summed E-state index contributed by atoms with van der Waals surface area (Å²) in [4.78, 5) is 23.9. The van der Waals surface area contributed by atoms with Crippen LogP contribution in [0.4, 0.5) is 0 Å². The summed E-state index contributed by atoms with van der Waals surface area (Å²) in [6, 6.07) is 17.5. The van der Waals surface area contributed by atoms with E-state index in [-0.39, 0.29) is 24.8 Å². The van der Waals surface area contributed by atoms with E-state index in [0.717, 1.165) is 12.0 Å². The highest BCUT2D eigenvalue weighted by molar-refractivity contribution is 5.98. The van der Waals surface area contributed by atoms with Crippen LogP contribution in [0.1, 0.15) is 37.8 Å². The maximum atomic E-state index is 12.0. The van der Waals surface area contributed by atoms with E-state index in [1.807, 2.05) is 36.4 Å². The fourth-order valence-electron chi connectivity index (χ4n) is 3.05. The van der Waals surface area contributed by atoms with Crippen LogP contribution in [0.2, 0.25) is 0 Å². The van der Waals surface area contributed by atoms with Gasteiger partial charge in [0.2, 0.25) is 0 Å². The Labute approximate surface area is 170 Å². The fourth-order valence-corrected chi connectivity index (χ4v) is 3.05. The Morgan fingerprint density at radius 3 is 2.10 bits per heavy atom. The fraction of sp³-hybridized carbons (Fsp3) is 0.250. The lowest BCUT2D eigenvalue weighted by Crippen LogP contribution is -2.09. The molecule has 150 valence electrons. The molecule has 0 saturated heterocycles. The molecule has 0 radical (unpaired) electrons. The van der Waals surface area contributed by atoms with E-state index in [1.54, 1.807) is 19.9 Å². The molecule has 0 saturated carbocycles. The van der Waals surface area contributed by atoms with Crippen molar-refractivity contribution in [3.63, 3.8) is 0 Å². The molecule has 0 N–H and O–H groups in total. The first-order chi connectivity index (χ1) is 14.0. The Hall–Kier alpha value is -3.34. The van der Waals surface area contributed by atoms with Crippen molar-refractivity contribution >= 4 is 22.7 Å². The number of esters is 2. The quantitative estimate of drug-likeness (QED) is 0.415. The molecule has 0 spiro atoms. The lowest BCUT2D eigenvalue weighted by atomic mass is 10.00. The minimum absolute atomic E-state index is 0.239. The number of carbonyl (C=O) groups is 2. The van der Waals surface area contributed by atoms with Gasteiger partial charge in [-0.05, 0) is 23.6 Å². The molecular formula is C24H24O5. The molecule has 0 atom stereocenters. The number of fused-ring (bicyclic) bond motifs is 1. The van der Waals surface area contributed by atoms with Crippen LogP contribution in [-0.2, 0) is 16.0 Å². The lowest BCUT2D eigenvalue weighted by molar-refractivity contribution is -0.135. The molecule has 0 unspecified atom stereocenters. The van der Waals surface area contributed by atoms with E-state index in [1.165, 1.54) is 12.7 Å². The zero-order valence-corrected chi connectivity index (χ0v) is 16.9. The molecule has 0 aliphatic carbocycles. The third-order valence-electron chi connectivity index (χ3n) is 4.57. The highest BCUT2D eigenvalue weighted by atomic mass is 16.6. The molecule has 3 rings (SSSR count). The number of hydrogen-bond donors (Lipinski definition) is 0. The molecule has 0 heterocycles. The smallest absolute Gasteiger partial charge is 0.311 e. The van der Waals surface area contributed by atoms with E-state index in [2.05, 4.69) is 12.1 Å². The van der Waals surface area contributed by atoms with Crippen molar-refractivity contribution in [3.05, 3.63) is 65.7 Å². The number of methoxy groups -OCH3 is 1. The maximum Gasteiger partial charge on any atom is 0.311 e. The van der Waals surface area contributed by atoms with Crippen LogP contribution in [-0.4, -0.2) is 19.0 Å². The highest BCUT2D eigenvalue weighted by Gasteiger charge is 2.19. The lowest BCUT2D eigenvalue weighted by Gasteiger charge is -2.16. The van der Waals surface area contributed by atoms with Gasteiger partial charge < -0.3 is 14.2 Å². The second kappa shape index (κ2) is 9.24.